The molecule has 0 saturated heterocycles. The number of rotatable bonds is 8. The van der Waals surface area contributed by atoms with Crippen LogP contribution in [0, 0.1) is 10.1 Å². The summed E-state index contributed by atoms with van der Waals surface area (Å²) in [6.45, 7) is 0. The number of nitrogens with zero attached hydrogens (tertiary/aromatic N) is 2. The van der Waals surface area contributed by atoms with Gasteiger partial charge in [0.25, 0.3) is 0 Å². The van der Waals surface area contributed by atoms with E-state index >= 15 is 0 Å². The van der Waals surface area contributed by atoms with Gasteiger partial charge in [-0.25, -0.2) is 0 Å². The molecule has 0 spiro atoms. The van der Waals surface area contributed by atoms with E-state index in [1.807, 2.05) is 0 Å². The first-order valence-electron chi connectivity index (χ1n) is 8.79. The van der Waals surface area contributed by atoms with E-state index in [9.17, 15) is 14.9 Å². The molecule has 3 aromatic rings. The monoisotopic (exact) mass is 412 g/mol. The SMILES string of the molecule is COc1ccc(-n2ccc(C(=O)c3cc(OC)c(OC)c(OC)c3)c2)cc1[N+](=O)[O-]. The molecule has 0 aliphatic heterocycles. The lowest BCUT2D eigenvalue weighted by atomic mass is 10.0. The molecule has 0 bridgehead atoms. The van der Waals surface area contributed by atoms with Crippen LogP contribution in [0.3, 0.4) is 0 Å². The van der Waals surface area contributed by atoms with Gasteiger partial charge in [0.1, 0.15) is 0 Å². The van der Waals surface area contributed by atoms with Gasteiger partial charge in [0.05, 0.1) is 39.0 Å². The second kappa shape index (κ2) is 8.56. The van der Waals surface area contributed by atoms with Crippen LogP contribution >= 0.6 is 0 Å². The maximum Gasteiger partial charge on any atom is 0.312 e. The number of ketones is 1. The van der Waals surface area contributed by atoms with Gasteiger partial charge >= 0.3 is 5.69 Å². The van der Waals surface area contributed by atoms with Crippen molar-refractivity contribution in [1.29, 1.82) is 0 Å². The Morgan fingerprint density at radius 1 is 0.867 bits per heavy atom. The summed E-state index contributed by atoms with van der Waals surface area (Å²) in [7, 11) is 5.79. The van der Waals surface area contributed by atoms with E-state index in [-0.39, 0.29) is 17.2 Å². The number of aromatic nitrogens is 1. The first-order valence-corrected chi connectivity index (χ1v) is 8.79. The maximum absolute atomic E-state index is 13.0. The van der Waals surface area contributed by atoms with Crippen molar-refractivity contribution in [2.75, 3.05) is 28.4 Å². The second-order valence-corrected chi connectivity index (χ2v) is 6.16. The number of nitro groups is 1. The first kappa shape index (κ1) is 20.7. The smallest absolute Gasteiger partial charge is 0.312 e. The van der Waals surface area contributed by atoms with Crippen LogP contribution in [0.4, 0.5) is 5.69 Å². The van der Waals surface area contributed by atoms with Gasteiger partial charge in [-0.3, -0.25) is 14.9 Å². The van der Waals surface area contributed by atoms with E-state index < -0.39 is 4.92 Å². The zero-order valence-electron chi connectivity index (χ0n) is 16.9. The summed E-state index contributed by atoms with van der Waals surface area (Å²) in [5.74, 6) is 1.01. The van der Waals surface area contributed by atoms with E-state index in [0.29, 0.717) is 34.1 Å². The molecule has 2 aromatic carbocycles. The summed E-state index contributed by atoms with van der Waals surface area (Å²) in [5, 5.41) is 11.3. The average molecular weight is 412 g/mol. The Bertz CT molecular complexity index is 1080. The van der Waals surface area contributed by atoms with E-state index in [2.05, 4.69) is 0 Å². The molecule has 9 heteroatoms. The highest BCUT2D eigenvalue weighted by Gasteiger charge is 2.20. The molecule has 9 nitrogen and oxygen atoms in total. The van der Waals surface area contributed by atoms with Crippen LogP contribution in [0.5, 0.6) is 23.0 Å². The summed E-state index contributed by atoms with van der Waals surface area (Å²) >= 11 is 0. The molecule has 0 unspecified atom stereocenters. The number of hydrogen-bond acceptors (Lipinski definition) is 7. The van der Waals surface area contributed by atoms with Crippen molar-refractivity contribution >= 4 is 11.5 Å². The Morgan fingerprint density at radius 3 is 2.03 bits per heavy atom. The van der Waals surface area contributed by atoms with Gasteiger partial charge in [-0.1, -0.05) is 0 Å². The molecular formula is C21H20N2O7. The van der Waals surface area contributed by atoms with E-state index in [1.165, 1.54) is 40.6 Å². The third kappa shape index (κ3) is 3.77. The minimum absolute atomic E-state index is 0.157. The van der Waals surface area contributed by atoms with Crippen molar-refractivity contribution in [2.45, 2.75) is 0 Å². The van der Waals surface area contributed by atoms with E-state index in [0.717, 1.165) is 0 Å². The zero-order valence-corrected chi connectivity index (χ0v) is 16.9. The molecule has 0 atom stereocenters. The van der Waals surface area contributed by atoms with Gasteiger partial charge in [-0.05, 0) is 30.3 Å². The molecule has 0 aliphatic carbocycles. The minimum Gasteiger partial charge on any atom is -0.493 e. The third-order valence-electron chi connectivity index (χ3n) is 4.54. The predicted molar refractivity (Wildman–Crippen MR) is 109 cm³/mol. The highest BCUT2D eigenvalue weighted by atomic mass is 16.6. The molecule has 0 radical (unpaired) electrons. The number of ether oxygens (including phenoxy) is 4. The van der Waals surface area contributed by atoms with Gasteiger partial charge in [-0.2, -0.15) is 0 Å². The van der Waals surface area contributed by atoms with Crippen molar-refractivity contribution in [1.82, 2.24) is 4.57 Å². The third-order valence-corrected chi connectivity index (χ3v) is 4.54. The lowest BCUT2D eigenvalue weighted by molar-refractivity contribution is -0.385. The number of carbonyl (C=O) groups excluding carboxylic acids is 1. The summed E-state index contributed by atoms with van der Waals surface area (Å²) in [4.78, 5) is 23.8. The lowest BCUT2D eigenvalue weighted by Crippen LogP contribution is -2.03. The summed E-state index contributed by atoms with van der Waals surface area (Å²) < 4.78 is 22.5. The number of methoxy groups -OCH3 is 4. The van der Waals surface area contributed by atoms with Gasteiger partial charge < -0.3 is 23.5 Å². The molecule has 0 saturated carbocycles. The van der Waals surface area contributed by atoms with Gasteiger partial charge in [-0.15, -0.1) is 0 Å². The molecule has 0 N–H and O–H groups in total. The van der Waals surface area contributed by atoms with Crippen LogP contribution < -0.4 is 18.9 Å². The highest BCUT2D eigenvalue weighted by Crippen LogP contribution is 2.38. The van der Waals surface area contributed by atoms with Crippen LogP contribution in [0.1, 0.15) is 15.9 Å². The quantitative estimate of drug-likeness (QED) is 0.316. The Morgan fingerprint density at radius 2 is 1.50 bits per heavy atom. The molecule has 3 rings (SSSR count). The van der Waals surface area contributed by atoms with Crippen LogP contribution in [-0.4, -0.2) is 43.7 Å². The maximum atomic E-state index is 13.0. The average Bonchev–Trinajstić information content (AvgIpc) is 3.27. The number of carbonyl (C=O) groups is 1. The fourth-order valence-corrected chi connectivity index (χ4v) is 3.05. The molecule has 1 aromatic heterocycles. The van der Waals surface area contributed by atoms with Crippen LogP contribution in [0.15, 0.2) is 48.8 Å². The first-order chi connectivity index (χ1) is 14.4. The van der Waals surface area contributed by atoms with Crippen molar-refractivity contribution in [2.24, 2.45) is 0 Å². The standard InChI is InChI=1S/C21H20N2O7/c1-27-17-6-5-15(11-16(17)23(25)26)22-8-7-13(12-22)20(24)14-9-18(28-2)21(30-4)19(10-14)29-3/h5-12H,1-4H3. The van der Waals surface area contributed by atoms with Crippen molar-refractivity contribution in [3.8, 4) is 28.7 Å². The fourth-order valence-electron chi connectivity index (χ4n) is 3.05. The Hall–Kier alpha value is -4.01. The van der Waals surface area contributed by atoms with Gasteiger partial charge in [0.2, 0.25) is 5.75 Å². The molecule has 0 fully saturated rings. The molecule has 30 heavy (non-hydrogen) atoms. The number of benzene rings is 2. The largest absolute Gasteiger partial charge is 0.493 e. The molecule has 1 heterocycles. The van der Waals surface area contributed by atoms with Gasteiger partial charge in [0.15, 0.2) is 23.0 Å². The van der Waals surface area contributed by atoms with Crippen LogP contribution in [0.25, 0.3) is 5.69 Å². The lowest BCUT2D eigenvalue weighted by Gasteiger charge is -2.13. The summed E-state index contributed by atoms with van der Waals surface area (Å²) in [6, 6.07) is 9.32. The van der Waals surface area contributed by atoms with Crippen LogP contribution in [-0.2, 0) is 0 Å². The predicted octanol–water partition coefficient (Wildman–Crippen LogP) is 3.65. The van der Waals surface area contributed by atoms with Crippen molar-refractivity contribution < 1.29 is 28.7 Å². The summed E-state index contributed by atoms with van der Waals surface area (Å²) in [6.07, 6.45) is 3.24. The van der Waals surface area contributed by atoms with Gasteiger partial charge in [0, 0.05) is 29.6 Å². The van der Waals surface area contributed by atoms with Crippen molar-refractivity contribution in [3.05, 3.63) is 70.0 Å². The Kier molecular flexibility index (Phi) is 5.91. The summed E-state index contributed by atoms with van der Waals surface area (Å²) in [5.41, 5.74) is 1.10. The molecule has 0 aliphatic rings. The number of hydrogen-bond donors (Lipinski definition) is 0. The molecule has 156 valence electrons. The van der Waals surface area contributed by atoms with Crippen molar-refractivity contribution in [3.63, 3.8) is 0 Å². The van der Waals surface area contributed by atoms with E-state index in [1.54, 1.807) is 41.2 Å². The second-order valence-electron chi connectivity index (χ2n) is 6.16. The topological polar surface area (TPSA) is 102 Å². The fraction of sp³-hybridized carbons (Fsp3) is 0.190. The van der Waals surface area contributed by atoms with Crippen LogP contribution in [0.2, 0.25) is 0 Å². The molecule has 0 amide bonds. The van der Waals surface area contributed by atoms with E-state index in [4.69, 9.17) is 18.9 Å². The number of nitro benzene ring substituents is 1. The Labute approximate surface area is 172 Å². The minimum atomic E-state index is -0.520. The molecular weight excluding hydrogens is 392 g/mol. The zero-order chi connectivity index (χ0) is 21.8. The highest BCUT2D eigenvalue weighted by molar-refractivity contribution is 6.09. The normalized spacial score (nSPS) is 10.4. The Balaban J connectivity index is 1.98.